The molecule has 0 spiro atoms. The average molecular weight is 410 g/mol. The van der Waals surface area contributed by atoms with Crippen LogP contribution in [0.4, 0.5) is 0 Å². The summed E-state index contributed by atoms with van der Waals surface area (Å²) in [6, 6.07) is 15.6. The first-order chi connectivity index (χ1) is 12.4. The molecule has 4 nitrogen and oxygen atoms in total. The van der Waals surface area contributed by atoms with Crippen LogP contribution in [0.1, 0.15) is 18.4 Å². The molecule has 3 rings (SSSR count). The Labute approximate surface area is 164 Å². The second-order valence-electron chi connectivity index (χ2n) is 6.35. The molecule has 2 N–H and O–H groups in total. The lowest BCUT2D eigenvalue weighted by molar-refractivity contribution is 0.121. The highest BCUT2D eigenvalue weighted by Crippen LogP contribution is 2.64. The zero-order valence-electron chi connectivity index (χ0n) is 14.3. The van der Waals surface area contributed by atoms with Gasteiger partial charge in [-0.2, -0.15) is 0 Å². The smallest absolute Gasteiger partial charge is 0.182 e. The van der Waals surface area contributed by atoms with E-state index in [1.54, 1.807) is 12.1 Å². The van der Waals surface area contributed by atoms with Crippen LogP contribution >= 0.6 is 23.8 Å². The zero-order valence-corrected chi connectivity index (χ0v) is 16.7. The molecule has 26 heavy (non-hydrogen) atoms. The predicted molar refractivity (Wildman–Crippen MR) is 107 cm³/mol. The van der Waals surface area contributed by atoms with E-state index in [0.29, 0.717) is 11.6 Å². The average Bonchev–Trinajstić information content (AvgIpc) is 3.32. The lowest BCUT2D eigenvalue weighted by Gasteiger charge is -2.17. The number of rotatable bonds is 7. The van der Waals surface area contributed by atoms with Gasteiger partial charge in [-0.05, 0) is 36.8 Å². The van der Waals surface area contributed by atoms with E-state index >= 15 is 0 Å². The topological polar surface area (TPSA) is 69.4 Å². The maximum Gasteiger partial charge on any atom is 0.182 e. The van der Waals surface area contributed by atoms with Gasteiger partial charge in [-0.15, -0.1) is 0 Å². The third-order valence-corrected chi connectivity index (χ3v) is 7.82. The molecule has 0 bridgehead atoms. The van der Waals surface area contributed by atoms with Crippen LogP contribution in [0.15, 0.2) is 59.5 Å². The van der Waals surface area contributed by atoms with Crippen molar-refractivity contribution in [1.29, 1.82) is 0 Å². The first-order valence-electron chi connectivity index (χ1n) is 8.27. The Morgan fingerprint density at radius 2 is 1.81 bits per heavy atom. The number of ether oxygens (including phenoxy) is 1. The van der Waals surface area contributed by atoms with Crippen molar-refractivity contribution >= 4 is 38.6 Å². The van der Waals surface area contributed by atoms with Gasteiger partial charge in [0.15, 0.2) is 9.84 Å². The molecule has 0 radical (unpaired) electrons. The maximum atomic E-state index is 13.4. The van der Waals surface area contributed by atoms with Gasteiger partial charge in [-0.3, -0.25) is 0 Å². The van der Waals surface area contributed by atoms with Crippen LogP contribution in [0.25, 0.3) is 0 Å². The summed E-state index contributed by atoms with van der Waals surface area (Å²) < 4.78 is 32.3. The number of hydrogen-bond acceptors (Lipinski definition) is 4. The molecular weight excluding hydrogens is 390 g/mol. The van der Waals surface area contributed by atoms with Crippen molar-refractivity contribution in [2.24, 2.45) is 11.1 Å². The van der Waals surface area contributed by atoms with Crippen LogP contribution in [0.5, 0.6) is 0 Å². The van der Waals surface area contributed by atoms with E-state index in [1.807, 2.05) is 37.3 Å². The third-order valence-electron chi connectivity index (χ3n) is 4.90. The second-order valence-corrected chi connectivity index (χ2v) is 9.30. The van der Waals surface area contributed by atoms with Gasteiger partial charge in [0.2, 0.25) is 0 Å². The molecule has 0 aliphatic heterocycles. The Hall–Kier alpha value is -1.47. The second kappa shape index (κ2) is 7.27. The van der Waals surface area contributed by atoms with Crippen molar-refractivity contribution in [3.05, 3.63) is 65.2 Å². The number of halogens is 1. The standard InChI is InChI=1S/C19H20ClNO3S2/c1-2-24-12-19(18(21)25)16(13-6-4-3-5-7-13)17(19)26(22,23)15-10-8-14(20)9-11-15/h3-11,16-17H,2,12H2,1H3,(H2,21,25)/t16-,17+,19+/m1/s1. The normalized spacial score (nSPS) is 25.0. The molecule has 7 heteroatoms. The molecular formula is C19H20ClNO3S2. The Bertz CT molecular complexity index is 900. The van der Waals surface area contributed by atoms with Crippen LogP contribution in [0.3, 0.4) is 0 Å². The minimum Gasteiger partial charge on any atom is -0.393 e. The van der Waals surface area contributed by atoms with Crippen LogP contribution < -0.4 is 5.73 Å². The fourth-order valence-corrected chi connectivity index (χ4v) is 6.47. The molecule has 0 heterocycles. The van der Waals surface area contributed by atoms with E-state index in [4.69, 9.17) is 34.3 Å². The van der Waals surface area contributed by atoms with E-state index in [9.17, 15) is 8.42 Å². The molecule has 1 fully saturated rings. The molecule has 2 aromatic carbocycles. The largest absolute Gasteiger partial charge is 0.393 e. The van der Waals surface area contributed by atoms with Crippen LogP contribution in [0, 0.1) is 5.41 Å². The Morgan fingerprint density at radius 3 is 2.35 bits per heavy atom. The van der Waals surface area contributed by atoms with Crippen molar-refractivity contribution in [1.82, 2.24) is 0 Å². The zero-order chi connectivity index (χ0) is 18.9. The molecule has 1 aliphatic rings. The highest BCUT2D eigenvalue weighted by Gasteiger charge is 2.73. The van der Waals surface area contributed by atoms with Gasteiger partial charge in [0.05, 0.1) is 27.2 Å². The van der Waals surface area contributed by atoms with Gasteiger partial charge < -0.3 is 10.5 Å². The summed E-state index contributed by atoms with van der Waals surface area (Å²) >= 11 is 11.2. The molecule has 3 atom stereocenters. The summed E-state index contributed by atoms with van der Waals surface area (Å²) in [5, 5.41) is -0.281. The maximum absolute atomic E-state index is 13.4. The summed E-state index contributed by atoms with van der Waals surface area (Å²) in [4.78, 5) is 0.379. The number of nitrogens with two attached hydrogens (primary N) is 1. The SMILES string of the molecule is CCOC[C@]1(C(N)=S)[C@H](c2ccccc2)[C@@H]1S(=O)(=O)c1ccc(Cl)cc1. The van der Waals surface area contributed by atoms with Crippen molar-refractivity contribution in [3.63, 3.8) is 0 Å². The molecule has 0 unspecified atom stereocenters. The van der Waals surface area contributed by atoms with Gasteiger partial charge in [-0.1, -0.05) is 54.2 Å². The fourth-order valence-electron chi connectivity index (χ4n) is 3.57. The Balaban J connectivity index is 2.09. The quantitative estimate of drug-likeness (QED) is 0.707. The van der Waals surface area contributed by atoms with Gasteiger partial charge in [0.1, 0.15) is 0 Å². The van der Waals surface area contributed by atoms with E-state index in [1.165, 1.54) is 12.1 Å². The van der Waals surface area contributed by atoms with Crippen molar-refractivity contribution in [2.75, 3.05) is 13.2 Å². The molecule has 1 aliphatic carbocycles. The first-order valence-corrected chi connectivity index (χ1v) is 10.6. The van der Waals surface area contributed by atoms with Gasteiger partial charge in [-0.25, -0.2) is 8.42 Å². The monoisotopic (exact) mass is 409 g/mol. The summed E-state index contributed by atoms with van der Waals surface area (Å²) in [7, 11) is -3.67. The van der Waals surface area contributed by atoms with E-state index in [2.05, 4.69) is 0 Å². The molecule has 1 saturated carbocycles. The third kappa shape index (κ3) is 3.16. The van der Waals surface area contributed by atoms with E-state index < -0.39 is 20.5 Å². The number of benzene rings is 2. The van der Waals surface area contributed by atoms with E-state index in [0.717, 1.165) is 5.56 Å². The van der Waals surface area contributed by atoms with Crippen LogP contribution in [-0.2, 0) is 14.6 Å². The number of sulfone groups is 1. The van der Waals surface area contributed by atoms with Crippen molar-refractivity contribution < 1.29 is 13.2 Å². The lowest BCUT2D eigenvalue weighted by Crippen LogP contribution is -2.33. The minimum atomic E-state index is -3.67. The van der Waals surface area contributed by atoms with E-state index in [-0.39, 0.29) is 22.4 Å². The predicted octanol–water partition coefficient (Wildman–Crippen LogP) is 3.59. The molecule has 138 valence electrons. The lowest BCUT2D eigenvalue weighted by atomic mass is 10.00. The summed E-state index contributed by atoms with van der Waals surface area (Å²) in [6.07, 6.45) is 0. The highest BCUT2D eigenvalue weighted by atomic mass is 35.5. The van der Waals surface area contributed by atoms with Crippen LogP contribution in [0.2, 0.25) is 5.02 Å². The number of hydrogen-bond donors (Lipinski definition) is 1. The minimum absolute atomic E-state index is 0.169. The highest BCUT2D eigenvalue weighted by molar-refractivity contribution is 7.92. The fraction of sp³-hybridized carbons (Fsp3) is 0.316. The Kier molecular flexibility index (Phi) is 5.40. The van der Waals surface area contributed by atoms with Crippen molar-refractivity contribution in [2.45, 2.75) is 23.0 Å². The van der Waals surface area contributed by atoms with Crippen LogP contribution in [-0.4, -0.2) is 31.9 Å². The molecule has 0 aromatic heterocycles. The summed E-state index contributed by atoms with van der Waals surface area (Å²) in [5.41, 5.74) is 6.04. The Morgan fingerprint density at radius 1 is 1.19 bits per heavy atom. The first kappa shape index (κ1) is 19.3. The summed E-state index contributed by atoms with van der Waals surface area (Å²) in [6.45, 7) is 2.49. The summed E-state index contributed by atoms with van der Waals surface area (Å²) in [5.74, 6) is -0.339. The van der Waals surface area contributed by atoms with Gasteiger partial charge in [0.25, 0.3) is 0 Å². The van der Waals surface area contributed by atoms with Crippen molar-refractivity contribution in [3.8, 4) is 0 Å². The molecule has 0 saturated heterocycles. The molecule has 0 amide bonds. The number of thiocarbonyl (C=S) groups is 1. The van der Waals surface area contributed by atoms with Gasteiger partial charge >= 0.3 is 0 Å². The van der Waals surface area contributed by atoms with Gasteiger partial charge in [0, 0.05) is 17.5 Å². The molecule has 2 aromatic rings.